The quantitative estimate of drug-likeness (QED) is 0.820. The molecule has 2 fully saturated rings. The van der Waals surface area contributed by atoms with Gasteiger partial charge in [-0.25, -0.2) is 13.1 Å². The van der Waals surface area contributed by atoms with Crippen LogP contribution in [0.15, 0.2) is 21.7 Å². The van der Waals surface area contributed by atoms with Crippen molar-refractivity contribution in [3.63, 3.8) is 0 Å². The molecule has 2 saturated heterocycles. The topological polar surface area (TPSA) is 61.4 Å². The van der Waals surface area contributed by atoms with Crippen LogP contribution in [0.1, 0.15) is 26.2 Å². The molecule has 0 bridgehead atoms. The van der Waals surface area contributed by atoms with Crippen molar-refractivity contribution in [2.45, 2.75) is 36.4 Å². The lowest BCUT2D eigenvalue weighted by atomic mass is 9.88. The Labute approximate surface area is 149 Å². The number of thiophene rings is 1. The molecule has 2 N–H and O–H groups in total. The van der Waals surface area contributed by atoms with Gasteiger partial charge < -0.3 is 10.2 Å². The molecule has 8 heteroatoms. The Bertz CT molecular complexity index is 578. The van der Waals surface area contributed by atoms with E-state index in [0.717, 1.165) is 45.6 Å². The molecule has 1 aromatic heterocycles. The number of hydrogen-bond acceptors (Lipinski definition) is 5. The van der Waals surface area contributed by atoms with E-state index in [0.29, 0.717) is 9.62 Å². The Hall–Kier alpha value is -0.180. The van der Waals surface area contributed by atoms with Crippen LogP contribution in [0.4, 0.5) is 0 Å². The fraction of sp³-hybridized carbons (Fsp3) is 0.733. The Morgan fingerprint density at radius 2 is 2.17 bits per heavy atom. The highest BCUT2D eigenvalue weighted by Crippen LogP contribution is 2.27. The van der Waals surface area contributed by atoms with Gasteiger partial charge in [0.15, 0.2) is 0 Å². The number of rotatable bonds is 5. The molecular formula is C15H26ClN3O2S2. The van der Waals surface area contributed by atoms with Gasteiger partial charge in [0.1, 0.15) is 4.21 Å². The van der Waals surface area contributed by atoms with E-state index in [1.54, 1.807) is 17.5 Å². The third-order valence-corrected chi connectivity index (χ3v) is 7.65. The van der Waals surface area contributed by atoms with E-state index < -0.39 is 10.0 Å². The summed E-state index contributed by atoms with van der Waals surface area (Å²) in [6.07, 6.45) is 3.03. The maximum Gasteiger partial charge on any atom is 0.250 e. The normalized spacial score (nSPS) is 27.0. The summed E-state index contributed by atoms with van der Waals surface area (Å²) in [5.41, 5.74) is 0.378. The molecule has 1 unspecified atom stereocenters. The lowest BCUT2D eigenvalue weighted by Crippen LogP contribution is -2.47. The van der Waals surface area contributed by atoms with Crippen molar-refractivity contribution < 1.29 is 8.42 Å². The Kier molecular flexibility index (Phi) is 6.49. The highest BCUT2D eigenvalue weighted by atomic mass is 35.5. The van der Waals surface area contributed by atoms with E-state index in [2.05, 4.69) is 21.9 Å². The van der Waals surface area contributed by atoms with Gasteiger partial charge in [-0.3, -0.25) is 0 Å². The SMILES string of the molecule is CC1(CN2CCC(NS(=O)(=O)c3cccs3)CC2)CCNC1.Cl. The number of halogens is 1. The summed E-state index contributed by atoms with van der Waals surface area (Å²) in [4.78, 5) is 2.49. The lowest BCUT2D eigenvalue weighted by molar-refractivity contribution is 0.142. The molecule has 5 nitrogen and oxygen atoms in total. The fourth-order valence-corrected chi connectivity index (χ4v) is 5.76. The fourth-order valence-electron chi connectivity index (χ4n) is 3.45. The molecule has 3 rings (SSSR count). The molecule has 1 atom stereocenters. The monoisotopic (exact) mass is 379 g/mol. The zero-order chi connectivity index (χ0) is 15.6. The summed E-state index contributed by atoms with van der Waals surface area (Å²) >= 11 is 1.27. The first-order valence-corrected chi connectivity index (χ1v) is 10.3. The van der Waals surface area contributed by atoms with Gasteiger partial charge in [0, 0.05) is 19.1 Å². The molecule has 0 spiro atoms. The van der Waals surface area contributed by atoms with Crippen molar-refractivity contribution in [2.75, 3.05) is 32.7 Å². The highest BCUT2D eigenvalue weighted by molar-refractivity contribution is 7.91. The standard InChI is InChI=1S/C15H25N3O2S2.ClH/c1-15(6-7-16-11-15)12-18-8-4-13(5-9-18)17-22(19,20)14-3-2-10-21-14;/h2-3,10,13,16-17H,4-9,11-12H2,1H3;1H. The molecule has 2 aliphatic heterocycles. The van der Waals surface area contributed by atoms with Crippen LogP contribution in [0.3, 0.4) is 0 Å². The van der Waals surface area contributed by atoms with Crippen LogP contribution in [0.5, 0.6) is 0 Å². The van der Waals surface area contributed by atoms with Crippen molar-refractivity contribution in [2.24, 2.45) is 5.41 Å². The summed E-state index contributed by atoms with van der Waals surface area (Å²) in [6, 6.07) is 3.51. The number of nitrogens with one attached hydrogen (secondary N) is 2. The predicted octanol–water partition coefficient (Wildman–Crippen LogP) is 1.91. The number of sulfonamides is 1. The molecule has 0 saturated carbocycles. The predicted molar refractivity (Wildman–Crippen MR) is 96.9 cm³/mol. The van der Waals surface area contributed by atoms with Crippen LogP contribution in [-0.2, 0) is 10.0 Å². The summed E-state index contributed by atoms with van der Waals surface area (Å²) in [5, 5.41) is 5.24. The highest BCUT2D eigenvalue weighted by Gasteiger charge is 2.32. The lowest BCUT2D eigenvalue weighted by Gasteiger charge is -2.37. The second-order valence-corrected chi connectivity index (χ2v) is 9.73. The Morgan fingerprint density at radius 3 is 2.74 bits per heavy atom. The minimum Gasteiger partial charge on any atom is -0.316 e. The van der Waals surface area contributed by atoms with Crippen LogP contribution in [0, 0.1) is 5.41 Å². The number of hydrogen-bond donors (Lipinski definition) is 2. The first kappa shape index (κ1) is 19.1. The zero-order valence-electron chi connectivity index (χ0n) is 13.5. The van der Waals surface area contributed by atoms with Gasteiger partial charge in [-0.15, -0.1) is 23.7 Å². The zero-order valence-corrected chi connectivity index (χ0v) is 15.9. The maximum atomic E-state index is 12.3. The van der Waals surface area contributed by atoms with Gasteiger partial charge in [-0.1, -0.05) is 13.0 Å². The Morgan fingerprint density at radius 1 is 1.43 bits per heavy atom. The van der Waals surface area contributed by atoms with Crippen molar-refractivity contribution >= 4 is 33.8 Å². The largest absolute Gasteiger partial charge is 0.316 e. The minimum atomic E-state index is -3.33. The molecule has 2 aliphatic rings. The summed E-state index contributed by atoms with van der Waals surface area (Å²) in [5.74, 6) is 0. The van der Waals surface area contributed by atoms with Gasteiger partial charge in [0.2, 0.25) is 10.0 Å². The van der Waals surface area contributed by atoms with E-state index >= 15 is 0 Å². The van der Waals surface area contributed by atoms with Gasteiger partial charge in [-0.05, 0) is 55.8 Å². The van der Waals surface area contributed by atoms with Crippen molar-refractivity contribution in [3.05, 3.63) is 17.5 Å². The second-order valence-electron chi connectivity index (χ2n) is 6.84. The van der Waals surface area contributed by atoms with Gasteiger partial charge >= 0.3 is 0 Å². The summed E-state index contributed by atoms with van der Waals surface area (Å²) in [6.45, 7) is 7.63. The summed E-state index contributed by atoms with van der Waals surface area (Å²) < 4.78 is 27.8. The summed E-state index contributed by atoms with van der Waals surface area (Å²) in [7, 11) is -3.33. The van der Waals surface area contributed by atoms with E-state index in [-0.39, 0.29) is 18.4 Å². The first-order valence-electron chi connectivity index (χ1n) is 7.96. The van der Waals surface area contributed by atoms with Gasteiger partial charge in [-0.2, -0.15) is 0 Å². The van der Waals surface area contributed by atoms with Crippen molar-refractivity contribution in [3.8, 4) is 0 Å². The third-order valence-electron chi connectivity index (χ3n) is 4.73. The van der Waals surface area contributed by atoms with Gasteiger partial charge in [0.05, 0.1) is 0 Å². The van der Waals surface area contributed by atoms with Crippen LogP contribution < -0.4 is 10.0 Å². The van der Waals surface area contributed by atoms with E-state index in [1.165, 1.54) is 17.8 Å². The molecular weight excluding hydrogens is 354 g/mol. The number of piperidine rings is 1. The molecule has 1 aromatic rings. The smallest absolute Gasteiger partial charge is 0.250 e. The van der Waals surface area contributed by atoms with Crippen LogP contribution in [0.2, 0.25) is 0 Å². The van der Waals surface area contributed by atoms with E-state index in [4.69, 9.17) is 0 Å². The van der Waals surface area contributed by atoms with E-state index in [1.807, 2.05) is 0 Å². The van der Waals surface area contributed by atoms with E-state index in [9.17, 15) is 8.42 Å². The molecule has 23 heavy (non-hydrogen) atoms. The van der Waals surface area contributed by atoms with Crippen LogP contribution in [0.25, 0.3) is 0 Å². The van der Waals surface area contributed by atoms with Gasteiger partial charge in [0.25, 0.3) is 0 Å². The van der Waals surface area contributed by atoms with Crippen molar-refractivity contribution in [1.29, 1.82) is 0 Å². The number of nitrogens with zero attached hydrogens (tertiary/aromatic N) is 1. The molecule has 0 amide bonds. The Balaban J connectivity index is 0.00000192. The molecule has 132 valence electrons. The second kappa shape index (κ2) is 7.80. The van der Waals surface area contributed by atoms with Crippen molar-refractivity contribution in [1.82, 2.24) is 14.9 Å². The maximum absolute atomic E-state index is 12.3. The first-order chi connectivity index (χ1) is 10.5. The molecule has 0 aliphatic carbocycles. The molecule has 3 heterocycles. The number of likely N-dealkylation sites (tertiary alicyclic amines) is 1. The average Bonchev–Trinajstić information content (AvgIpc) is 3.13. The minimum absolute atomic E-state index is 0. The molecule has 0 radical (unpaired) electrons. The third kappa shape index (κ3) is 4.90. The molecule has 0 aromatic carbocycles. The van der Waals surface area contributed by atoms with Crippen LogP contribution in [-0.4, -0.2) is 52.1 Å². The average molecular weight is 380 g/mol. The van der Waals surface area contributed by atoms with Crippen LogP contribution >= 0.6 is 23.7 Å².